The average molecular weight is 312 g/mol. The van der Waals surface area contributed by atoms with Crippen LogP contribution in [0.1, 0.15) is 23.9 Å². The molecule has 0 saturated heterocycles. The second kappa shape index (κ2) is 6.38. The molecule has 20 heavy (non-hydrogen) atoms. The van der Waals surface area contributed by atoms with Crippen LogP contribution in [-0.4, -0.2) is 33.2 Å². The van der Waals surface area contributed by atoms with Crippen molar-refractivity contribution in [1.29, 1.82) is 0 Å². The summed E-state index contributed by atoms with van der Waals surface area (Å²) in [6.45, 7) is 3.19. The Balaban J connectivity index is 2.61. The third-order valence-electron chi connectivity index (χ3n) is 2.69. The van der Waals surface area contributed by atoms with Gasteiger partial charge in [-0.2, -0.15) is 13.2 Å². The van der Waals surface area contributed by atoms with Gasteiger partial charge in [-0.1, -0.05) is 5.16 Å². The molecule has 1 N–H and O–H groups in total. The van der Waals surface area contributed by atoms with Crippen molar-refractivity contribution in [2.75, 3.05) is 6.54 Å². The minimum absolute atomic E-state index is 0.0156. The van der Waals surface area contributed by atoms with Gasteiger partial charge in [0.1, 0.15) is 17.6 Å². The van der Waals surface area contributed by atoms with Gasteiger partial charge in [-0.15, -0.1) is 0 Å². The van der Waals surface area contributed by atoms with Crippen LogP contribution in [0.3, 0.4) is 0 Å². The zero-order chi connectivity index (χ0) is 15.5. The maximum absolute atomic E-state index is 12.0. The first-order chi connectivity index (χ1) is 9.11. The van der Waals surface area contributed by atoms with Gasteiger partial charge in [0.05, 0.1) is 11.4 Å². The Kier molecular flexibility index (Phi) is 5.32. The fraction of sp³-hybridized carbons (Fsp3) is 0.636. The molecule has 9 heteroatoms. The molecule has 0 radical (unpaired) electrons. The van der Waals surface area contributed by atoms with E-state index in [-0.39, 0.29) is 5.75 Å². The summed E-state index contributed by atoms with van der Waals surface area (Å²) in [5, 5.41) is 4.35. The summed E-state index contributed by atoms with van der Waals surface area (Å²) < 4.78 is 52.8. The van der Waals surface area contributed by atoms with E-state index >= 15 is 0 Å². The van der Waals surface area contributed by atoms with Gasteiger partial charge in [0.25, 0.3) is 0 Å². The van der Waals surface area contributed by atoms with E-state index < -0.39 is 34.7 Å². The topological polar surface area (TPSA) is 72.2 Å². The number of halogens is 3. The second-order valence-electron chi connectivity index (χ2n) is 4.30. The fourth-order valence-corrected chi connectivity index (χ4v) is 2.69. The van der Waals surface area contributed by atoms with E-state index in [4.69, 9.17) is 4.52 Å². The van der Waals surface area contributed by atoms with E-state index in [0.29, 0.717) is 17.0 Å². The van der Waals surface area contributed by atoms with Crippen LogP contribution in [0.5, 0.6) is 0 Å². The number of amides is 1. The molecule has 0 unspecified atom stereocenters. The highest BCUT2D eigenvalue weighted by molar-refractivity contribution is 7.85. The van der Waals surface area contributed by atoms with Crippen LogP contribution in [0.2, 0.25) is 0 Å². The third kappa shape index (κ3) is 4.62. The lowest BCUT2D eigenvalue weighted by molar-refractivity contribution is -0.137. The number of alkyl halides is 3. The number of nitrogens with one attached hydrogen (secondary N) is 1. The highest BCUT2D eigenvalue weighted by atomic mass is 32.2. The van der Waals surface area contributed by atoms with Crippen molar-refractivity contribution in [1.82, 2.24) is 10.5 Å². The highest BCUT2D eigenvalue weighted by Crippen LogP contribution is 2.17. The molecule has 1 rings (SSSR count). The summed E-state index contributed by atoms with van der Waals surface area (Å²) in [6, 6.07) is 0. The minimum Gasteiger partial charge on any atom is -0.361 e. The number of rotatable bonds is 5. The van der Waals surface area contributed by atoms with Crippen LogP contribution in [0.4, 0.5) is 13.2 Å². The van der Waals surface area contributed by atoms with Crippen LogP contribution in [-0.2, 0) is 21.3 Å². The van der Waals surface area contributed by atoms with Crippen LogP contribution in [0, 0.1) is 13.8 Å². The van der Waals surface area contributed by atoms with E-state index in [1.54, 1.807) is 19.2 Å². The molecule has 1 amide bonds. The van der Waals surface area contributed by atoms with Crippen molar-refractivity contribution in [3.63, 3.8) is 0 Å². The predicted molar refractivity (Wildman–Crippen MR) is 66.4 cm³/mol. The maximum Gasteiger partial charge on any atom is 0.405 e. The van der Waals surface area contributed by atoms with E-state index in [2.05, 4.69) is 5.16 Å². The van der Waals surface area contributed by atoms with E-state index in [1.165, 1.54) is 6.92 Å². The highest BCUT2D eigenvalue weighted by Gasteiger charge is 2.30. The van der Waals surface area contributed by atoms with E-state index in [0.717, 1.165) is 0 Å². The lowest BCUT2D eigenvalue weighted by Gasteiger charge is -2.13. The van der Waals surface area contributed by atoms with E-state index in [9.17, 15) is 22.2 Å². The number of carbonyl (C=O) groups excluding carboxylic acids is 1. The molecule has 5 nitrogen and oxygen atoms in total. The molecule has 0 saturated carbocycles. The monoisotopic (exact) mass is 312 g/mol. The standard InChI is InChI=1S/C11H15F3N2O3S/c1-6-9(7(2)19-16-6)4-20(18)8(3)10(17)15-5-11(12,13)14/h8H,4-5H2,1-3H3,(H,15,17)/t8-,20+/m0/s1. The number of carbonyl (C=O) groups is 1. The van der Waals surface area contributed by atoms with Gasteiger partial charge in [0.2, 0.25) is 5.91 Å². The first kappa shape index (κ1) is 16.7. The van der Waals surface area contributed by atoms with Crippen molar-refractivity contribution in [3.05, 3.63) is 17.0 Å². The molecular formula is C11H15F3N2O3S. The number of hydrogen-bond donors (Lipinski definition) is 1. The Labute approximate surface area is 116 Å². The Morgan fingerprint density at radius 3 is 2.50 bits per heavy atom. The molecule has 2 atom stereocenters. The van der Waals surface area contributed by atoms with Gasteiger partial charge < -0.3 is 9.84 Å². The molecule has 1 aromatic rings. The summed E-state index contributed by atoms with van der Waals surface area (Å²) in [4.78, 5) is 11.5. The van der Waals surface area contributed by atoms with Crippen LogP contribution < -0.4 is 5.32 Å². The molecule has 0 bridgehead atoms. The number of nitrogens with zero attached hydrogens (tertiary/aromatic N) is 1. The van der Waals surface area contributed by atoms with Crippen molar-refractivity contribution in [2.24, 2.45) is 0 Å². The molecule has 0 aromatic carbocycles. The molecule has 0 aliphatic heterocycles. The third-order valence-corrected chi connectivity index (χ3v) is 4.27. The molecule has 114 valence electrons. The van der Waals surface area contributed by atoms with Crippen LogP contribution >= 0.6 is 0 Å². The largest absolute Gasteiger partial charge is 0.405 e. The Morgan fingerprint density at radius 2 is 2.05 bits per heavy atom. The Bertz CT molecular complexity index is 494. The number of hydrogen-bond acceptors (Lipinski definition) is 4. The Hall–Kier alpha value is -1.38. The van der Waals surface area contributed by atoms with Gasteiger partial charge in [0, 0.05) is 16.4 Å². The molecule has 0 spiro atoms. The smallest absolute Gasteiger partial charge is 0.361 e. The van der Waals surface area contributed by atoms with Gasteiger partial charge >= 0.3 is 6.18 Å². The van der Waals surface area contributed by atoms with E-state index in [1.807, 2.05) is 0 Å². The summed E-state index contributed by atoms with van der Waals surface area (Å²) in [6.07, 6.45) is -4.49. The first-order valence-corrected chi connectivity index (χ1v) is 7.13. The van der Waals surface area contributed by atoms with Crippen molar-refractivity contribution >= 4 is 16.7 Å². The lowest BCUT2D eigenvalue weighted by atomic mass is 10.2. The average Bonchev–Trinajstić information content (AvgIpc) is 2.65. The maximum atomic E-state index is 12.0. The lowest BCUT2D eigenvalue weighted by Crippen LogP contribution is -2.40. The summed E-state index contributed by atoms with van der Waals surface area (Å²) in [5.41, 5.74) is 1.16. The van der Waals surface area contributed by atoms with Gasteiger partial charge in [-0.05, 0) is 20.8 Å². The molecular weight excluding hydrogens is 297 g/mol. The minimum atomic E-state index is -4.49. The van der Waals surface area contributed by atoms with Crippen molar-refractivity contribution < 1.29 is 26.7 Å². The number of aromatic nitrogens is 1. The van der Waals surface area contributed by atoms with Gasteiger partial charge in [0.15, 0.2) is 0 Å². The SMILES string of the molecule is Cc1noc(C)c1C[S@@](=O)[C@@H](C)C(=O)NCC(F)(F)F. The molecule has 1 aromatic heterocycles. The fourth-order valence-electron chi connectivity index (χ4n) is 1.43. The molecule has 0 fully saturated rings. The van der Waals surface area contributed by atoms with Gasteiger partial charge in [-0.3, -0.25) is 9.00 Å². The molecule has 0 aliphatic carbocycles. The van der Waals surface area contributed by atoms with Crippen LogP contribution in [0.25, 0.3) is 0 Å². The number of aryl methyl sites for hydroxylation is 2. The normalized spacial score (nSPS) is 14.9. The predicted octanol–water partition coefficient (Wildman–Crippen LogP) is 1.61. The Morgan fingerprint density at radius 1 is 1.45 bits per heavy atom. The molecule has 0 aliphatic rings. The first-order valence-electron chi connectivity index (χ1n) is 5.75. The summed E-state index contributed by atoms with van der Waals surface area (Å²) in [7, 11) is -1.65. The molecule has 1 heterocycles. The van der Waals surface area contributed by atoms with Gasteiger partial charge in [-0.25, -0.2) is 0 Å². The zero-order valence-corrected chi connectivity index (χ0v) is 12.0. The van der Waals surface area contributed by atoms with Crippen molar-refractivity contribution in [3.8, 4) is 0 Å². The quantitative estimate of drug-likeness (QED) is 0.896. The second-order valence-corrected chi connectivity index (χ2v) is 6.06. The summed E-state index contributed by atoms with van der Waals surface area (Å²) >= 11 is 0. The van der Waals surface area contributed by atoms with Crippen LogP contribution in [0.15, 0.2) is 4.52 Å². The zero-order valence-electron chi connectivity index (χ0n) is 11.2. The summed E-state index contributed by atoms with van der Waals surface area (Å²) in [5.74, 6) is -0.395. The van der Waals surface area contributed by atoms with Crippen molar-refractivity contribution in [2.45, 2.75) is 38.0 Å².